The van der Waals surface area contributed by atoms with Crippen LogP contribution in [0.1, 0.15) is 20.8 Å². The first kappa shape index (κ1) is 15.3. The number of ether oxygens (including phenoxy) is 1. The summed E-state index contributed by atoms with van der Waals surface area (Å²) in [6.45, 7) is 4.86. The maximum absolute atomic E-state index is 13.4. The van der Waals surface area contributed by atoms with Gasteiger partial charge in [0.15, 0.2) is 5.82 Å². The summed E-state index contributed by atoms with van der Waals surface area (Å²) < 4.78 is 30.6. The van der Waals surface area contributed by atoms with E-state index in [2.05, 4.69) is 10.2 Å². The van der Waals surface area contributed by atoms with Gasteiger partial charge in [-0.25, -0.2) is 9.37 Å². The Hall–Kier alpha value is -1.75. The smallest absolute Gasteiger partial charge is 0.255 e. The molecule has 3 nitrogen and oxygen atoms in total. The summed E-state index contributed by atoms with van der Waals surface area (Å²) >= 11 is 5.58. The van der Waals surface area contributed by atoms with Crippen LogP contribution in [-0.2, 0) is 0 Å². The number of allylic oxidation sites excluding steroid dienone is 4. The lowest BCUT2D eigenvalue weighted by molar-refractivity contribution is 0.381. The third-order valence-electron chi connectivity index (χ3n) is 2.30. The van der Waals surface area contributed by atoms with Crippen molar-refractivity contribution in [3.63, 3.8) is 0 Å². The predicted octanol–water partition coefficient (Wildman–Crippen LogP) is 4.45. The van der Waals surface area contributed by atoms with Gasteiger partial charge in [-0.2, -0.15) is 0 Å². The highest BCUT2D eigenvalue weighted by molar-refractivity contribution is 6.30. The second-order valence-corrected chi connectivity index (χ2v) is 4.28. The van der Waals surface area contributed by atoms with Gasteiger partial charge in [0.25, 0.3) is 5.88 Å². The van der Waals surface area contributed by atoms with Crippen LogP contribution in [0.15, 0.2) is 41.0 Å². The molecule has 0 bridgehead atoms. The monoisotopic (exact) mass is 286 g/mol. The zero-order valence-electron chi connectivity index (χ0n) is 10.7. The number of hydrogen-bond acceptors (Lipinski definition) is 3. The van der Waals surface area contributed by atoms with Crippen molar-refractivity contribution >= 4 is 17.3 Å². The predicted molar refractivity (Wildman–Crippen MR) is 71.6 cm³/mol. The molecule has 19 heavy (non-hydrogen) atoms. The van der Waals surface area contributed by atoms with Crippen molar-refractivity contribution in [1.82, 2.24) is 4.98 Å². The lowest BCUT2D eigenvalue weighted by Gasteiger charge is -2.05. The van der Waals surface area contributed by atoms with E-state index in [4.69, 9.17) is 16.3 Å². The average Bonchev–Trinajstić information content (AvgIpc) is 2.38. The standard InChI is InChI=1S/C13H13ClF2N2O/c1-8(10(3)18-16)4-5-9(2)19-13-12(15)6-11(14)7-17-13/h4-7H,1-3H3/b8-4+,9-5+,18-10+. The summed E-state index contributed by atoms with van der Waals surface area (Å²) in [5.41, 5.74) is 0.898. The highest BCUT2D eigenvalue weighted by Gasteiger charge is 2.06. The first-order chi connectivity index (χ1) is 8.93. The topological polar surface area (TPSA) is 34.5 Å². The number of hydrogen-bond donors (Lipinski definition) is 0. The Morgan fingerprint density at radius 2 is 2.05 bits per heavy atom. The number of pyridine rings is 1. The molecule has 0 aliphatic carbocycles. The zero-order valence-corrected chi connectivity index (χ0v) is 11.5. The quantitative estimate of drug-likeness (QED) is 0.465. The molecule has 0 amide bonds. The van der Waals surface area contributed by atoms with Crippen molar-refractivity contribution in [2.24, 2.45) is 5.21 Å². The van der Waals surface area contributed by atoms with Gasteiger partial charge in [-0.05, 0) is 38.5 Å². The van der Waals surface area contributed by atoms with Crippen molar-refractivity contribution in [3.8, 4) is 5.88 Å². The molecule has 0 saturated heterocycles. The van der Waals surface area contributed by atoms with E-state index in [9.17, 15) is 8.87 Å². The summed E-state index contributed by atoms with van der Waals surface area (Å²) in [4.78, 5) is 3.72. The van der Waals surface area contributed by atoms with Gasteiger partial charge < -0.3 is 4.74 Å². The fraction of sp³-hybridized carbons (Fsp3) is 0.231. The Balaban J connectivity index is 2.82. The van der Waals surface area contributed by atoms with E-state index in [0.717, 1.165) is 6.07 Å². The Bertz CT molecular complexity index is 554. The van der Waals surface area contributed by atoms with Crippen LogP contribution in [0.5, 0.6) is 5.88 Å². The molecule has 0 spiro atoms. The van der Waals surface area contributed by atoms with Crippen molar-refractivity contribution in [2.45, 2.75) is 20.8 Å². The van der Waals surface area contributed by atoms with Crippen molar-refractivity contribution in [2.75, 3.05) is 0 Å². The van der Waals surface area contributed by atoms with E-state index >= 15 is 0 Å². The molecule has 0 aliphatic heterocycles. The average molecular weight is 287 g/mol. The van der Waals surface area contributed by atoms with Crippen LogP contribution in [0.4, 0.5) is 8.87 Å². The van der Waals surface area contributed by atoms with Gasteiger partial charge in [0.2, 0.25) is 0 Å². The van der Waals surface area contributed by atoms with Gasteiger partial charge in [-0.1, -0.05) is 27.4 Å². The molecule has 0 unspecified atom stereocenters. The molecule has 1 aromatic rings. The van der Waals surface area contributed by atoms with Crippen LogP contribution in [-0.4, -0.2) is 10.7 Å². The van der Waals surface area contributed by atoms with Gasteiger partial charge >= 0.3 is 0 Å². The van der Waals surface area contributed by atoms with Crippen LogP contribution >= 0.6 is 11.6 Å². The normalized spacial score (nSPS) is 13.7. The molecule has 102 valence electrons. The van der Waals surface area contributed by atoms with E-state index in [1.165, 1.54) is 13.1 Å². The third-order valence-corrected chi connectivity index (χ3v) is 2.50. The molecule has 0 aromatic carbocycles. The molecule has 0 fully saturated rings. The van der Waals surface area contributed by atoms with Gasteiger partial charge in [0, 0.05) is 6.20 Å². The van der Waals surface area contributed by atoms with Crippen molar-refractivity contribution in [3.05, 3.63) is 46.6 Å². The number of nitrogens with zero attached hydrogens (tertiary/aromatic N) is 2. The molecule has 0 atom stereocenters. The summed E-state index contributed by atoms with van der Waals surface area (Å²) in [6.07, 6.45) is 4.47. The van der Waals surface area contributed by atoms with Crippen molar-refractivity contribution in [1.29, 1.82) is 0 Å². The molecule has 0 saturated carbocycles. The highest BCUT2D eigenvalue weighted by Crippen LogP contribution is 2.19. The molecule has 1 aromatic heterocycles. The van der Waals surface area contributed by atoms with Crippen LogP contribution in [0, 0.1) is 5.82 Å². The van der Waals surface area contributed by atoms with E-state index in [1.807, 2.05) is 0 Å². The SMILES string of the molecule is C\C(=C/C=C(C)/C(C)=N/F)Oc1ncc(Cl)cc1F. The molecule has 1 heterocycles. The summed E-state index contributed by atoms with van der Waals surface area (Å²) in [7, 11) is 0. The number of halogens is 3. The zero-order chi connectivity index (χ0) is 14.4. The molecular formula is C13H13ClF2N2O. The molecule has 0 radical (unpaired) electrons. The molecule has 6 heteroatoms. The lowest BCUT2D eigenvalue weighted by atomic mass is 10.2. The maximum Gasteiger partial charge on any atom is 0.255 e. The molecule has 0 N–H and O–H groups in total. The minimum absolute atomic E-state index is 0.167. The van der Waals surface area contributed by atoms with Gasteiger partial charge in [-0.15, -0.1) is 0 Å². The summed E-state index contributed by atoms with van der Waals surface area (Å²) in [6, 6.07) is 1.11. The molecule has 1 rings (SSSR count). The second kappa shape index (κ2) is 6.99. The Labute approximate surface area is 115 Å². The summed E-state index contributed by atoms with van der Waals surface area (Å²) in [5, 5.41) is 2.76. The largest absolute Gasteiger partial charge is 0.441 e. The first-order valence-corrected chi connectivity index (χ1v) is 5.82. The summed E-state index contributed by atoms with van der Waals surface area (Å²) in [5.74, 6) is -0.415. The van der Waals surface area contributed by atoms with Crippen molar-refractivity contribution < 1.29 is 13.6 Å². The van der Waals surface area contributed by atoms with Crippen LogP contribution in [0.2, 0.25) is 5.02 Å². The van der Waals surface area contributed by atoms with Crippen LogP contribution in [0.25, 0.3) is 0 Å². The minimum Gasteiger partial charge on any atom is -0.441 e. The van der Waals surface area contributed by atoms with E-state index in [-0.39, 0.29) is 16.6 Å². The fourth-order valence-electron chi connectivity index (χ4n) is 1.09. The van der Waals surface area contributed by atoms with E-state index in [0.29, 0.717) is 11.3 Å². The Kier molecular flexibility index (Phi) is 5.63. The number of rotatable bonds is 4. The van der Waals surface area contributed by atoms with Gasteiger partial charge in [0.05, 0.1) is 10.7 Å². The number of aromatic nitrogens is 1. The van der Waals surface area contributed by atoms with E-state index in [1.54, 1.807) is 26.0 Å². The molecule has 0 aliphatic rings. The molecular weight excluding hydrogens is 274 g/mol. The van der Waals surface area contributed by atoms with Crippen LogP contribution < -0.4 is 4.74 Å². The minimum atomic E-state index is -0.651. The van der Waals surface area contributed by atoms with Gasteiger partial charge in [0.1, 0.15) is 5.76 Å². The fourth-order valence-corrected chi connectivity index (χ4v) is 1.24. The lowest BCUT2D eigenvalue weighted by Crippen LogP contribution is -1.97. The second-order valence-electron chi connectivity index (χ2n) is 3.84. The van der Waals surface area contributed by atoms with Gasteiger partial charge in [-0.3, -0.25) is 0 Å². The maximum atomic E-state index is 13.4. The van der Waals surface area contributed by atoms with E-state index < -0.39 is 5.82 Å². The first-order valence-electron chi connectivity index (χ1n) is 5.44. The Morgan fingerprint density at radius 1 is 1.37 bits per heavy atom. The third kappa shape index (κ3) is 4.79. The highest BCUT2D eigenvalue weighted by atomic mass is 35.5. The Morgan fingerprint density at radius 3 is 2.63 bits per heavy atom. The van der Waals surface area contributed by atoms with Crippen LogP contribution in [0.3, 0.4) is 0 Å².